The number of ether oxygens (including phenoxy) is 3. The summed E-state index contributed by atoms with van der Waals surface area (Å²) < 4.78 is 16.0. The lowest BCUT2D eigenvalue weighted by Gasteiger charge is -2.09. The minimum absolute atomic E-state index is 0.0905. The molecule has 3 rings (SSSR count). The summed E-state index contributed by atoms with van der Waals surface area (Å²) in [6.45, 7) is 1.07. The number of nitrogens with two attached hydrogens (primary N) is 1. The fourth-order valence-electron chi connectivity index (χ4n) is 3.50. The van der Waals surface area contributed by atoms with Gasteiger partial charge in [-0.15, -0.1) is 4.91 Å². The molecule has 0 bridgehead atoms. The van der Waals surface area contributed by atoms with Crippen LogP contribution in [0.3, 0.4) is 0 Å². The number of carbonyl (C=O) groups is 2. The molecule has 2 N–H and O–H groups in total. The van der Waals surface area contributed by atoms with E-state index in [2.05, 4.69) is 9.91 Å². The first-order valence-electron chi connectivity index (χ1n) is 12.0. The van der Waals surface area contributed by atoms with Crippen LogP contribution in [0.1, 0.15) is 47.2 Å². The molecule has 0 heterocycles. The number of hydrogen-bond acceptors (Lipinski definition) is 8. The fourth-order valence-corrected chi connectivity index (χ4v) is 3.50. The van der Waals surface area contributed by atoms with Crippen LogP contribution in [0.4, 0.5) is 11.4 Å². The van der Waals surface area contributed by atoms with Crippen molar-refractivity contribution >= 4 is 29.2 Å². The van der Waals surface area contributed by atoms with Crippen LogP contribution in [0.15, 0.2) is 78.0 Å². The molecule has 0 aliphatic rings. The first-order valence-corrected chi connectivity index (χ1v) is 12.0. The number of rotatable bonds is 14. The molecular weight excluding hydrogens is 472 g/mol. The third-order valence-corrected chi connectivity index (χ3v) is 5.55. The van der Waals surface area contributed by atoms with Gasteiger partial charge >= 0.3 is 5.97 Å². The average molecular weight is 503 g/mol. The zero-order valence-electron chi connectivity index (χ0n) is 20.7. The van der Waals surface area contributed by atoms with Crippen molar-refractivity contribution in [2.45, 2.75) is 25.7 Å². The molecule has 8 nitrogen and oxygen atoms in total. The van der Waals surface area contributed by atoms with Gasteiger partial charge in [-0.3, -0.25) is 4.79 Å². The van der Waals surface area contributed by atoms with Gasteiger partial charge in [-0.05, 0) is 85.0 Å². The summed E-state index contributed by atoms with van der Waals surface area (Å²) in [4.78, 5) is 34.8. The monoisotopic (exact) mass is 502 g/mol. The molecular formula is C29H30N2O6. The maximum Gasteiger partial charge on any atom is 0.330 e. The molecule has 0 fully saturated rings. The van der Waals surface area contributed by atoms with E-state index in [1.165, 1.54) is 19.3 Å². The number of esters is 1. The van der Waals surface area contributed by atoms with Crippen molar-refractivity contribution in [1.82, 2.24) is 0 Å². The number of nitroso groups, excluding NO2 is 1. The topological polar surface area (TPSA) is 117 Å². The Morgan fingerprint density at radius 3 is 2.08 bits per heavy atom. The van der Waals surface area contributed by atoms with Crippen LogP contribution < -0.4 is 15.2 Å². The lowest BCUT2D eigenvalue weighted by atomic mass is 10.0. The van der Waals surface area contributed by atoms with Gasteiger partial charge in [-0.2, -0.15) is 0 Å². The fraction of sp³-hybridized carbons (Fsp3) is 0.241. The van der Waals surface area contributed by atoms with Crippen LogP contribution in [-0.4, -0.2) is 32.1 Å². The summed E-state index contributed by atoms with van der Waals surface area (Å²) in [6.07, 6.45) is 6.64. The molecule has 0 saturated heterocycles. The maximum absolute atomic E-state index is 12.7. The second-order valence-corrected chi connectivity index (χ2v) is 8.26. The molecule has 0 aliphatic heterocycles. The molecule has 192 valence electrons. The highest BCUT2D eigenvalue weighted by molar-refractivity contribution is 6.09. The molecule has 0 radical (unpaired) electrons. The van der Waals surface area contributed by atoms with Crippen LogP contribution >= 0.6 is 0 Å². The number of anilines is 1. The highest BCUT2D eigenvalue weighted by Crippen LogP contribution is 2.29. The molecule has 0 saturated carbocycles. The summed E-state index contributed by atoms with van der Waals surface area (Å²) in [5, 5.41) is 2.94. The summed E-state index contributed by atoms with van der Waals surface area (Å²) >= 11 is 0. The SMILES string of the molecule is COC(=O)/C=C/c1ccc(C(=O)c2ccc(OCCCCCCOc3ccc(N)cc3N=O)cc2)cc1. The van der Waals surface area contributed by atoms with Crippen LogP contribution in [0.5, 0.6) is 11.5 Å². The Labute approximate surface area is 216 Å². The normalized spacial score (nSPS) is 10.7. The molecule has 0 aromatic heterocycles. The van der Waals surface area contributed by atoms with Gasteiger partial charge in [-0.25, -0.2) is 4.79 Å². The van der Waals surface area contributed by atoms with Gasteiger partial charge in [0.1, 0.15) is 11.5 Å². The third kappa shape index (κ3) is 8.61. The number of unbranched alkanes of at least 4 members (excludes halogenated alkanes) is 3. The van der Waals surface area contributed by atoms with Crippen LogP contribution in [0.2, 0.25) is 0 Å². The van der Waals surface area contributed by atoms with E-state index in [-0.39, 0.29) is 11.5 Å². The zero-order chi connectivity index (χ0) is 26.5. The van der Waals surface area contributed by atoms with Gasteiger partial charge in [0.15, 0.2) is 11.5 Å². The number of carbonyl (C=O) groups excluding carboxylic acids is 2. The van der Waals surface area contributed by atoms with E-state index in [1.54, 1.807) is 66.7 Å². The second-order valence-electron chi connectivity index (χ2n) is 8.26. The standard InChI is InChI=1S/C29H30N2O6/c1-35-28(32)17-8-21-6-9-22(10-7-21)29(33)23-11-14-25(15-12-23)36-18-4-2-3-5-19-37-27-16-13-24(30)20-26(27)31-34/h6-17,20H,2-5,18-19,30H2,1H3/b17-8+. The maximum atomic E-state index is 12.7. The third-order valence-electron chi connectivity index (χ3n) is 5.55. The Bertz CT molecular complexity index is 1220. The molecule has 0 aliphatic carbocycles. The van der Waals surface area contributed by atoms with E-state index in [0.717, 1.165) is 31.2 Å². The first-order chi connectivity index (χ1) is 18.0. The van der Waals surface area contributed by atoms with Gasteiger partial charge < -0.3 is 19.9 Å². The summed E-state index contributed by atoms with van der Waals surface area (Å²) in [5.74, 6) is 0.627. The molecule has 37 heavy (non-hydrogen) atoms. The van der Waals surface area contributed by atoms with Crippen molar-refractivity contribution in [3.8, 4) is 11.5 Å². The van der Waals surface area contributed by atoms with Gasteiger partial charge in [0.05, 0.1) is 20.3 Å². The Balaban J connectivity index is 1.35. The van der Waals surface area contributed by atoms with E-state index in [9.17, 15) is 14.5 Å². The van der Waals surface area contributed by atoms with Crippen molar-refractivity contribution < 1.29 is 23.8 Å². The predicted molar refractivity (Wildman–Crippen MR) is 143 cm³/mol. The second kappa shape index (κ2) is 14.2. The van der Waals surface area contributed by atoms with Gasteiger partial charge in [0.2, 0.25) is 0 Å². The van der Waals surface area contributed by atoms with Crippen LogP contribution in [0.25, 0.3) is 6.08 Å². The number of nitrogen functional groups attached to an aromatic ring is 1. The Morgan fingerprint density at radius 2 is 1.46 bits per heavy atom. The van der Waals surface area contributed by atoms with Gasteiger partial charge in [0.25, 0.3) is 0 Å². The quantitative estimate of drug-likeness (QED) is 0.0706. The van der Waals surface area contributed by atoms with E-state index < -0.39 is 5.97 Å². The van der Waals surface area contributed by atoms with E-state index in [1.807, 2.05) is 0 Å². The number of benzene rings is 3. The number of nitrogens with zero attached hydrogens (tertiary/aromatic N) is 1. The van der Waals surface area contributed by atoms with Crippen LogP contribution in [0, 0.1) is 4.91 Å². The summed E-state index contributed by atoms with van der Waals surface area (Å²) in [5.41, 5.74) is 8.25. The molecule has 8 heteroatoms. The molecule has 0 amide bonds. The van der Waals surface area contributed by atoms with Crippen molar-refractivity contribution in [1.29, 1.82) is 0 Å². The molecule has 0 unspecified atom stereocenters. The van der Waals surface area contributed by atoms with E-state index in [0.29, 0.717) is 41.5 Å². The predicted octanol–water partition coefficient (Wildman–Crippen LogP) is 6.10. The Morgan fingerprint density at radius 1 is 0.838 bits per heavy atom. The lowest BCUT2D eigenvalue weighted by molar-refractivity contribution is -0.134. The first kappa shape index (κ1) is 27.1. The highest BCUT2D eigenvalue weighted by Gasteiger charge is 2.09. The van der Waals surface area contributed by atoms with E-state index in [4.69, 9.17) is 15.2 Å². The number of hydrogen-bond donors (Lipinski definition) is 1. The van der Waals surface area contributed by atoms with Crippen molar-refractivity contribution in [3.05, 3.63) is 94.4 Å². The molecule has 0 atom stereocenters. The number of ketones is 1. The molecule has 3 aromatic rings. The van der Waals surface area contributed by atoms with Gasteiger partial charge in [-0.1, -0.05) is 24.3 Å². The Kier molecular flexibility index (Phi) is 10.4. The van der Waals surface area contributed by atoms with Crippen molar-refractivity contribution in [2.24, 2.45) is 5.18 Å². The molecule has 3 aromatic carbocycles. The minimum Gasteiger partial charge on any atom is -0.494 e. The average Bonchev–Trinajstić information content (AvgIpc) is 2.93. The zero-order valence-corrected chi connectivity index (χ0v) is 20.7. The van der Waals surface area contributed by atoms with Crippen molar-refractivity contribution in [2.75, 3.05) is 26.1 Å². The Hall–Kier alpha value is -4.46. The molecule has 0 spiro atoms. The highest BCUT2D eigenvalue weighted by atomic mass is 16.5. The van der Waals surface area contributed by atoms with E-state index >= 15 is 0 Å². The summed E-state index contributed by atoms with van der Waals surface area (Å²) in [6, 6.07) is 18.9. The van der Waals surface area contributed by atoms with Crippen molar-refractivity contribution in [3.63, 3.8) is 0 Å². The van der Waals surface area contributed by atoms with Gasteiger partial charge in [0, 0.05) is 22.9 Å². The van der Waals surface area contributed by atoms with Crippen LogP contribution in [-0.2, 0) is 9.53 Å². The minimum atomic E-state index is -0.435. The smallest absolute Gasteiger partial charge is 0.330 e. The summed E-state index contributed by atoms with van der Waals surface area (Å²) in [7, 11) is 1.32. The lowest BCUT2D eigenvalue weighted by Crippen LogP contribution is -2.02. The largest absolute Gasteiger partial charge is 0.494 e. The number of methoxy groups -OCH3 is 1.